The molecule has 0 fully saturated rings. The molecule has 1 heterocycles. The molecule has 2 rings (SSSR count). The number of pyridine rings is 1. The topological polar surface area (TPSA) is 85.5 Å². The number of aromatic nitrogens is 1. The van der Waals surface area contributed by atoms with Gasteiger partial charge in [0.15, 0.2) is 6.61 Å². The first-order valence-electron chi connectivity index (χ1n) is 7.83. The van der Waals surface area contributed by atoms with Crippen LogP contribution in [-0.4, -0.2) is 35.4 Å². The number of hydrogen-bond donors (Lipinski definition) is 1. The van der Waals surface area contributed by atoms with Gasteiger partial charge in [0.05, 0.1) is 6.04 Å². The number of carbonyl (C=O) groups excluding carboxylic acids is 2. The first-order valence-corrected chi connectivity index (χ1v) is 7.83. The number of carbonyl (C=O) groups is 2. The van der Waals surface area contributed by atoms with Gasteiger partial charge in [-0.15, -0.1) is 0 Å². The highest BCUT2D eigenvalue weighted by atomic mass is 16.5. The van der Waals surface area contributed by atoms with Crippen LogP contribution >= 0.6 is 0 Å². The van der Waals surface area contributed by atoms with Crippen molar-refractivity contribution in [2.24, 2.45) is 5.73 Å². The Hall–Kier alpha value is -3.15. The van der Waals surface area contributed by atoms with Gasteiger partial charge in [-0.05, 0) is 42.3 Å². The second-order valence-corrected chi connectivity index (χ2v) is 5.57. The average molecular weight is 339 g/mol. The molecule has 0 aliphatic carbocycles. The molecule has 1 aromatic carbocycles. The molecule has 0 saturated carbocycles. The van der Waals surface area contributed by atoms with E-state index in [0.717, 1.165) is 11.1 Å². The van der Waals surface area contributed by atoms with Crippen LogP contribution in [-0.2, 0) is 9.59 Å². The van der Waals surface area contributed by atoms with Gasteiger partial charge in [0.25, 0.3) is 5.91 Å². The van der Waals surface area contributed by atoms with Crippen LogP contribution in [0.5, 0.6) is 5.75 Å². The molecule has 1 atom stereocenters. The van der Waals surface area contributed by atoms with E-state index in [9.17, 15) is 9.59 Å². The van der Waals surface area contributed by atoms with Gasteiger partial charge in [-0.3, -0.25) is 14.6 Å². The van der Waals surface area contributed by atoms with Crippen LogP contribution in [0.1, 0.15) is 24.1 Å². The number of hydrogen-bond acceptors (Lipinski definition) is 4. The van der Waals surface area contributed by atoms with Gasteiger partial charge in [-0.1, -0.05) is 18.2 Å². The molecule has 0 aliphatic rings. The third-order valence-electron chi connectivity index (χ3n) is 3.77. The number of likely N-dealkylation sites (N-methyl/N-ethyl adjacent to an activating group) is 1. The summed E-state index contributed by atoms with van der Waals surface area (Å²) in [7, 11) is 1.76. The highest BCUT2D eigenvalue weighted by molar-refractivity contribution is 5.91. The summed E-state index contributed by atoms with van der Waals surface area (Å²) in [6.45, 7) is 1.79. The highest BCUT2D eigenvalue weighted by Crippen LogP contribution is 2.18. The summed E-state index contributed by atoms with van der Waals surface area (Å²) in [6, 6.07) is 10.7. The van der Waals surface area contributed by atoms with Crippen molar-refractivity contribution >= 4 is 17.9 Å². The van der Waals surface area contributed by atoms with E-state index in [4.69, 9.17) is 10.5 Å². The second-order valence-electron chi connectivity index (χ2n) is 5.57. The van der Waals surface area contributed by atoms with E-state index in [1.54, 1.807) is 54.7 Å². The number of benzene rings is 1. The fourth-order valence-corrected chi connectivity index (χ4v) is 2.15. The summed E-state index contributed by atoms with van der Waals surface area (Å²) >= 11 is 0. The quantitative estimate of drug-likeness (QED) is 0.784. The Bertz CT molecular complexity index is 742. The Labute approximate surface area is 146 Å². The van der Waals surface area contributed by atoms with Gasteiger partial charge in [-0.2, -0.15) is 0 Å². The van der Waals surface area contributed by atoms with Gasteiger partial charge in [0.2, 0.25) is 5.91 Å². The lowest BCUT2D eigenvalue weighted by molar-refractivity contribution is -0.126. The van der Waals surface area contributed by atoms with Crippen molar-refractivity contribution in [2.75, 3.05) is 13.7 Å². The van der Waals surface area contributed by atoms with E-state index in [1.807, 2.05) is 19.1 Å². The largest absolute Gasteiger partial charge is 0.484 e. The number of rotatable bonds is 7. The smallest absolute Gasteiger partial charge is 0.255 e. The third-order valence-corrected chi connectivity index (χ3v) is 3.77. The van der Waals surface area contributed by atoms with Crippen molar-refractivity contribution in [1.82, 2.24) is 9.88 Å². The summed E-state index contributed by atoms with van der Waals surface area (Å²) in [5.74, 6) is -0.0876. The van der Waals surface area contributed by atoms with Gasteiger partial charge in [0, 0.05) is 25.5 Å². The molecule has 6 nitrogen and oxygen atoms in total. The predicted molar refractivity (Wildman–Crippen MR) is 95.6 cm³/mol. The Morgan fingerprint density at radius 1 is 1.28 bits per heavy atom. The molecule has 0 bridgehead atoms. The molecule has 2 amide bonds. The molecule has 25 heavy (non-hydrogen) atoms. The Kier molecular flexibility index (Phi) is 6.28. The standard InChI is InChI=1S/C19H21N3O3/c1-14(16-4-3-11-21-12-16)22(2)19(24)10-7-15-5-8-17(9-6-15)25-13-18(20)23/h3-12,14H,13H2,1-2H3,(H2,20,23)/b10-7+/t14-/m0/s1. The number of ether oxygens (including phenoxy) is 1. The van der Waals surface area contributed by atoms with Crippen molar-refractivity contribution in [3.63, 3.8) is 0 Å². The normalized spacial score (nSPS) is 11.9. The second kappa shape index (κ2) is 8.63. The molecular formula is C19H21N3O3. The van der Waals surface area contributed by atoms with Crippen LogP contribution in [0.25, 0.3) is 6.08 Å². The zero-order valence-electron chi connectivity index (χ0n) is 14.3. The fourth-order valence-electron chi connectivity index (χ4n) is 2.15. The SMILES string of the molecule is C[C@@H](c1cccnc1)N(C)C(=O)/C=C/c1ccc(OCC(N)=O)cc1. The lowest BCUT2D eigenvalue weighted by atomic mass is 10.1. The van der Waals surface area contributed by atoms with E-state index in [2.05, 4.69) is 4.98 Å². The summed E-state index contributed by atoms with van der Waals surface area (Å²) in [6.07, 6.45) is 6.70. The Balaban J connectivity index is 1.96. The number of primary amides is 1. The van der Waals surface area contributed by atoms with Crippen LogP contribution < -0.4 is 10.5 Å². The van der Waals surface area contributed by atoms with Crippen LogP contribution in [0.4, 0.5) is 0 Å². The summed E-state index contributed by atoms with van der Waals surface area (Å²) in [4.78, 5) is 28.7. The monoisotopic (exact) mass is 339 g/mol. The summed E-state index contributed by atoms with van der Waals surface area (Å²) in [5, 5.41) is 0. The zero-order chi connectivity index (χ0) is 18.2. The molecule has 0 aliphatic heterocycles. The van der Waals surface area contributed by atoms with Crippen molar-refractivity contribution in [2.45, 2.75) is 13.0 Å². The van der Waals surface area contributed by atoms with Crippen LogP contribution in [0.3, 0.4) is 0 Å². The van der Waals surface area contributed by atoms with Gasteiger partial charge < -0.3 is 15.4 Å². The molecular weight excluding hydrogens is 318 g/mol. The van der Waals surface area contributed by atoms with Gasteiger partial charge in [-0.25, -0.2) is 0 Å². The lowest BCUT2D eigenvalue weighted by Gasteiger charge is -2.23. The number of nitrogens with zero attached hydrogens (tertiary/aromatic N) is 2. The molecule has 6 heteroatoms. The minimum atomic E-state index is -0.527. The molecule has 2 N–H and O–H groups in total. The maximum absolute atomic E-state index is 12.3. The van der Waals surface area contributed by atoms with Gasteiger partial charge in [0.1, 0.15) is 5.75 Å². The molecule has 0 spiro atoms. The number of amides is 2. The highest BCUT2D eigenvalue weighted by Gasteiger charge is 2.15. The van der Waals surface area contributed by atoms with E-state index >= 15 is 0 Å². The molecule has 130 valence electrons. The maximum atomic E-state index is 12.3. The van der Waals surface area contributed by atoms with Gasteiger partial charge >= 0.3 is 0 Å². The molecule has 0 radical (unpaired) electrons. The van der Waals surface area contributed by atoms with E-state index in [0.29, 0.717) is 5.75 Å². The first kappa shape index (κ1) is 18.2. The average Bonchev–Trinajstić information content (AvgIpc) is 2.64. The van der Waals surface area contributed by atoms with E-state index in [-0.39, 0.29) is 18.6 Å². The van der Waals surface area contributed by atoms with Crippen LogP contribution in [0.15, 0.2) is 54.9 Å². The molecule has 0 unspecified atom stereocenters. The number of nitrogens with two attached hydrogens (primary N) is 1. The Morgan fingerprint density at radius 3 is 2.60 bits per heavy atom. The van der Waals surface area contributed by atoms with Crippen molar-refractivity contribution in [3.05, 3.63) is 66.0 Å². The zero-order valence-corrected chi connectivity index (χ0v) is 14.3. The predicted octanol–water partition coefficient (Wildman–Crippen LogP) is 2.18. The van der Waals surface area contributed by atoms with Crippen LogP contribution in [0.2, 0.25) is 0 Å². The lowest BCUT2D eigenvalue weighted by Crippen LogP contribution is -2.28. The van der Waals surface area contributed by atoms with E-state index < -0.39 is 5.91 Å². The minimum Gasteiger partial charge on any atom is -0.484 e. The minimum absolute atomic E-state index is 0.0737. The third kappa shape index (κ3) is 5.46. The van der Waals surface area contributed by atoms with E-state index in [1.165, 1.54) is 6.08 Å². The Morgan fingerprint density at radius 2 is 2.00 bits per heavy atom. The van der Waals surface area contributed by atoms with Crippen LogP contribution in [0, 0.1) is 0 Å². The molecule has 2 aromatic rings. The summed E-state index contributed by atoms with van der Waals surface area (Å²) in [5.41, 5.74) is 6.85. The molecule has 1 aromatic heterocycles. The van der Waals surface area contributed by atoms with Crippen molar-refractivity contribution in [3.8, 4) is 5.75 Å². The summed E-state index contributed by atoms with van der Waals surface area (Å²) < 4.78 is 5.19. The maximum Gasteiger partial charge on any atom is 0.255 e. The fraction of sp³-hybridized carbons (Fsp3) is 0.211. The van der Waals surface area contributed by atoms with Crippen molar-refractivity contribution in [1.29, 1.82) is 0 Å². The first-order chi connectivity index (χ1) is 12.0. The van der Waals surface area contributed by atoms with Crippen molar-refractivity contribution < 1.29 is 14.3 Å². The molecule has 0 saturated heterocycles.